The van der Waals surface area contributed by atoms with Gasteiger partial charge in [0.15, 0.2) is 0 Å². The summed E-state index contributed by atoms with van der Waals surface area (Å²) in [4.78, 5) is 19.0. The Balaban J connectivity index is 1.59. The summed E-state index contributed by atoms with van der Waals surface area (Å²) in [6.07, 6.45) is 0.617. The SMILES string of the molecule is CC(C)(C)OC(=O)N(C1CCC(Nc2cc(NCC(F)(F)F)c(N)cn2)CC1)[C@H]1CCOC1. The minimum absolute atomic E-state index is 0.00962. The first-order valence-electron chi connectivity index (χ1n) is 11.3. The van der Waals surface area contributed by atoms with E-state index in [-0.39, 0.29) is 35.6 Å². The van der Waals surface area contributed by atoms with E-state index in [0.717, 1.165) is 32.1 Å². The van der Waals surface area contributed by atoms with Crippen molar-refractivity contribution in [1.82, 2.24) is 9.88 Å². The highest BCUT2D eigenvalue weighted by Gasteiger charge is 2.37. The molecular formula is C22H34F3N5O3. The number of nitrogens with zero attached hydrogens (tertiary/aromatic N) is 2. The third kappa shape index (κ3) is 7.55. The molecule has 1 saturated carbocycles. The summed E-state index contributed by atoms with van der Waals surface area (Å²) in [5.74, 6) is 0.463. The van der Waals surface area contributed by atoms with Gasteiger partial charge in [-0.2, -0.15) is 13.2 Å². The van der Waals surface area contributed by atoms with Crippen LogP contribution in [0.3, 0.4) is 0 Å². The molecular weight excluding hydrogens is 439 g/mol. The summed E-state index contributed by atoms with van der Waals surface area (Å²) in [6.45, 7) is 5.54. The van der Waals surface area contributed by atoms with Crippen molar-refractivity contribution < 1.29 is 27.4 Å². The zero-order chi connectivity index (χ0) is 24.2. The number of carbonyl (C=O) groups excluding carboxylic acids is 1. The summed E-state index contributed by atoms with van der Waals surface area (Å²) < 4.78 is 48.8. The summed E-state index contributed by atoms with van der Waals surface area (Å²) in [5, 5.41) is 5.61. The van der Waals surface area contributed by atoms with Gasteiger partial charge in [-0.3, -0.25) is 4.90 Å². The van der Waals surface area contributed by atoms with E-state index in [1.165, 1.54) is 12.3 Å². The molecule has 11 heteroatoms. The number of alkyl halides is 3. The molecule has 1 aromatic rings. The van der Waals surface area contributed by atoms with Gasteiger partial charge >= 0.3 is 12.3 Å². The number of rotatable bonds is 6. The largest absolute Gasteiger partial charge is 0.444 e. The van der Waals surface area contributed by atoms with Crippen LogP contribution in [0.25, 0.3) is 0 Å². The number of hydrogen-bond donors (Lipinski definition) is 3. The predicted octanol–water partition coefficient (Wildman–Crippen LogP) is 4.39. The zero-order valence-corrected chi connectivity index (χ0v) is 19.4. The second kappa shape index (κ2) is 10.2. The Hall–Kier alpha value is -2.43. The quantitative estimate of drug-likeness (QED) is 0.563. The van der Waals surface area contributed by atoms with Gasteiger partial charge in [-0.05, 0) is 52.9 Å². The highest BCUT2D eigenvalue weighted by Crippen LogP contribution is 2.31. The summed E-state index contributed by atoms with van der Waals surface area (Å²) in [7, 11) is 0. The van der Waals surface area contributed by atoms with E-state index < -0.39 is 18.3 Å². The number of pyridine rings is 1. The van der Waals surface area contributed by atoms with Crippen molar-refractivity contribution in [2.45, 2.75) is 82.8 Å². The highest BCUT2D eigenvalue weighted by atomic mass is 19.4. The fraction of sp³-hybridized carbons (Fsp3) is 0.727. The van der Waals surface area contributed by atoms with E-state index in [1.54, 1.807) is 0 Å². The molecule has 1 aliphatic carbocycles. The molecule has 2 aliphatic rings. The standard InChI is InChI=1S/C22H34F3N5O3/c1-21(2,3)33-20(31)30(16-8-9-32-12-16)15-6-4-14(5-7-15)29-19-10-18(17(26)11-27-19)28-13-22(23,24)25/h10-11,14-16H,4-9,12-13,26H2,1-3H3,(H2,27,28,29)/t14?,15?,16-/m0/s1. The van der Waals surface area contributed by atoms with Gasteiger partial charge in [0.2, 0.25) is 0 Å². The molecule has 2 heterocycles. The Morgan fingerprint density at radius 1 is 1.21 bits per heavy atom. The van der Waals surface area contributed by atoms with Crippen LogP contribution in [0.4, 0.5) is 35.2 Å². The second-order valence-corrected chi connectivity index (χ2v) is 9.68. The van der Waals surface area contributed by atoms with Crippen LogP contribution in [0, 0.1) is 0 Å². The maximum Gasteiger partial charge on any atom is 0.410 e. The van der Waals surface area contributed by atoms with E-state index in [2.05, 4.69) is 15.6 Å². The predicted molar refractivity (Wildman–Crippen MR) is 120 cm³/mol. The van der Waals surface area contributed by atoms with Gasteiger partial charge in [-0.25, -0.2) is 9.78 Å². The minimum Gasteiger partial charge on any atom is -0.444 e. The average Bonchev–Trinajstić information content (AvgIpc) is 3.22. The van der Waals surface area contributed by atoms with Crippen LogP contribution in [0.2, 0.25) is 0 Å². The van der Waals surface area contributed by atoms with Crippen LogP contribution in [0.5, 0.6) is 0 Å². The lowest BCUT2D eigenvalue weighted by Gasteiger charge is -2.40. The van der Waals surface area contributed by atoms with Gasteiger partial charge in [0, 0.05) is 24.8 Å². The minimum atomic E-state index is -4.34. The van der Waals surface area contributed by atoms with Crippen LogP contribution >= 0.6 is 0 Å². The molecule has 3 rings (SSSR count). The number of nitrogens with one attached hydrogen (secondary N) is 2. The molecule has 2 fully saturated rings. The molecule has 33 heavy (non-hydrogen) atoms. The molecule has 186 valence electrons. The van der Waals surface area contributed by atoms with Crippen molar-refractivity contribution in [3.05, 3.63) is 12.3 Å². The number of halogens is 3. The summed E-state index contributed by atoms with van der Waals surface area (Å²) in [6, 6.07) is 1.65. The van der Waals surface area contributed by atoms with E-state index >= 15 is 0 Å². The molecule has 1 aliphatic heterocycles. The highest BCUT2D eigenvalue weighted by molar-refractivity contribution is 5.69. The normalized spacial score (nSPS) is 23.8. The number of ether oxygens (including phenoxy) is 2. The third-order valence-corrected chi connectivity index (χ3v) is 5.76. The van der Waals surface area contributed by atoms with Crippen molar-refractivity contribution in [3.63, 3.8) is 0 Å². The van der Waals surface area contributed by atoms with Gasteiger partial charge in [-0.1, -0.05) is 0 Å². The number of aromatic nitrogens is 1. The van der Waals surface area contributed by atoms with Gasteiger partial charge < -0.3 is 25.8 Å². The molecule has 0 aromatic carbocycles. The molecule has 8 nitrogen and oxygen atoms in total. The number of hydrogen-bond acceptors (Lipinski definition) is 7. The number of nitrogen functional groups attached to an aromatic ring is 1. The van der Waals surface area contributed by atoms with Crippen molar-refractivity contribution in [2.75, 3.05) is 36.1 Å². The number of amides is 1. The van der Waals surface area contributed by atoms with E-state index in [0.29, 0.717) is 19.0 Å². The Morgan fingerprint density at radius 2 is 1.91 bits per heavy atom. The first kappa shape index (κ1) is 25.2. The molecule has 1 aromatic heterocycles. The fourth-order valence-electron chi connectivity index (χ4n) is 4.25. The van der Waals surface area contributed by atoms with Crippen LogP contribution in [-0.4, -0.2) is 65.6 Å². The second-order valence-electron chi connectivity index (χ2n) is 9.68. The Bertz CT molecular complexity index is 801. The molecule has 1 amide bonds. The number of anilines is 3. The van der Waals surface area contributed by atoms with Gasteiger partial charge in [0.25, 0.3) is 0 Å². The Morgan fingerprint density at radius 3 is 2.48 bits per heavy atom. The van der Waals surface area contributed by atoms with Crippen LogP contribution in [-0.2, 0) is 9.47 Å². The van der Waals surface area contributed by atoms with E-state index in [4.69, 9.17) is 15.2 Å². The molecule has 4 N–H and O–H groups in total. The fourth-order valence-corrected chi connectivity index (χ4v) is 4.25. The van der Waals surface area contributed by atoms with Gasteiger partial charge in [0.05, 0.1) is 30.2 Å². The molecule has 0 bridgehead atoms. The summed E-state index contributed by atoms with van der Waals surface area (Å²) in [5.41, 5.74) is 5.52. The maximum absolute atomic E-state index is 12.9. The van der Waals surface area contributed by atoms with Crippen molar-refractivity contribution in [1.29, 1.82) is 0 Å². The summed E-state index contributed by atoms with van der Waals surface area (Å²) >= 11 is 0. The zero-order valence-electron chi connectivity index (χ0n) is 19.4. The van der Waals surface area contributed by atoms with Crippen molar-refractivity contribution in [2.24, 2.45) is 0 Å². The van der Waals surface area contributed by atoms with E-state index in [1.807, 2.05) is 25.7 Å². The Kier molecular flexibility index (Phi) is 7.81. The molecule has 1 saturated heterocycles. The van der Waals surface area contributed by atoms with Crippen molar-refractivity contribution >= 4 is 23.3 Å². The number of carbonyl (C=O) groups is 1. The topological polar surface area (TPSA) is 102 Å². The Labute approximate surface area is 192 Å². The van der Waals surface area contributed by atoms with Crippen molar-refractivity contribution in [3.8, 4) is 0 Å². The lowest BCUT2D eigenvalue weighted by molar-refractivity contribution is -0.115. The monoisotopic (exact) mass is 473 g/mol. The average molecular weight is 474 g/mol. The van der Waals surface area contributed by atoms with Crippen LogP contribution in [0.1, 0.15) is 52.9 Å². The van der Waals surface area contributed by atoms with Gasteiger partial charge in [0.1, 0.15) is 18.0 Å². The first-order chi connectivity index (χ1) is 15.4. The lowest BCUT2D eigenvalue weighted by Crippen LogP contribution is -2.51. The smallest absolute Gasteiger partial charge is 0.410 e. The molecule has 0 radical (unpaired) electrons. The van der Waals surface area contributed by atoms with E-state index in [9.17, 15) is 18.0 Å². The first-order valence-corrected chi connectivity index (χ1v) is 11.3. The maximum atomic E-state index is 12.9. The number of nitrogens with two attached hydrogens (primary N) is 1. The molecule has 0 spiro atoms. The van der Waals surface area contributed by atoms with Crippen LogP contribution in [0.15, 0.2) is 12.3 Å². The third-order valence-electron chi connectivity index (χ3n) is 5.76. The lowest BCUT2D eigenvalue weighted by atomic mass is 9.89. The molecule has 0 unspecified atom stereocenters. The van der Waals surface area contributed by atoms with Crippen LogP contribution < -0.4 is 16.4 Å². The van der Waals surface area contributed by atoms with Gasteiger partial charge in [-0.15, -0.1) is 0 Å². The molecule has 1 atom stereocenters.